The molecule has 0 radical (unpaired) electrons. The van der Waals surface area contributed by atoms with E-state index in [2.05, 4.69) is 44.3 Å². The van der Waals surface area contributed by atoms with Crippen LogP contribution in [0.1, 0.15) is 12.0 Å². The van der Waals surface area contributed by atoms with Crippen molar-refractivity contribution in [1.82, 2.24) is 14.8 Å². The van der Waals surface area contributed by atoms with Crippen molar-refractivity contribution in [1.29, 1.82) is 5.26 Å². The summed E-state index contributed by atoms with van der Waals surface area (Å²) < 4.78 is 8.29. The van der Waals surface area contributed by atoms with Crippen molar-refractivity contribution < 1.29 is 4.42 Å². The highest BCUT2D eigenvalue weighted by atomic mass is 79.9. The van der Waals surface area contributed by atoms with E-state index in [1.54, 1.807) is 0 Å². The van der Waals surface area contributed by atoms with Gasteiger partial charge in [0.1, 0.15) is 0 Å². The van der Waals surface area contributed by atoms with Gasteiger partial charge in [0.2, 0.25) is 5.82 Å². The Bertz CT molecular complexity index is 822. The van der Waals surface area contributed by atoms with E-state index in [0.717, 1.165) is 10.7 Å². The molecule has 1 aromatic carbocycles. The summed E-state index contributed by atoms with van der Waals surface area (Å²) in [6.45, 7) is 0.649. The van der Waals surface area contributed by atoms with Crippen LogP contribution in [0.3, 0.4) is 0 Å². The van der Waals surface area contributed by atoms with Gasteiger partial charge in [0.15, 0.2) is 15.6 Å². The third-order valence-corrected chi connectivity index (χ3v) is 4.53. The summed E-state index contributed by atoms with van der Waals surface area (Å²) in [6, 6.07) is 16.0. The van der Waals surface area contributed by atoms with Crippen molar-refractivity contribution in [3.8, 4) is 17.7 Å². The molecule has 0 fully saturated rings. The van der Waals surface area contributed by atoms with Crippen molar-refractivity contribution in [2.45, 2.75) is 18.1 Å². The Kier molecular flexibility index (Phi) is 5.16. The summed E-state index contributed by atoms with van der Waals surface area (Å²) in [5, 5.41) is 18.0. The van der Waals surface area contributed by atoms with Crippen molar-refractivity contribution in [2.24, 2.45) is 0 Å². The Hall–Kier alpha value is -2.04. The van der Waals surface area contributed by atoms with Crippen LogP contribution in [0, 0.1) is 11.3 Å². The van der Waals surface area contributed by atoms with Crippen LogP contribution in [-0.2, 0) is 6.54 Å². The monoisotopic (exact) mass is 388 g/mol. The average molecular weight is 389 g/mol. The molecule has 116 valence electrons. The molecule has 2 heterocycles. The fourth-order valence-corrected chi connectivity index (χ4v) is 3.20. The molecule has 0 N–H and O–H groups in total. The number of hydrogen-bond donors (Lipinski definition) is 0. The Morgan fingerprint density at radius 1 is 1.17 bits per heavy atom. The zero-order chi connectivity index (χ0) is 16.1. The lowest BCUT2D eigenvalue weighted by atomic mass is 10.2. The molecule has 3 aromatic rings. The first kappa shape index (κ1) is 15.8. The Labute approximate surface area is 146 Å². The molecule has 0 saturated carbocycles. The minimum atomic E-state index is 0.477. The number of nitrogens with zero attached hydrogens (tertiary/aromatic N) is 4. The smallest absolute Gasteiger partial charge is 0.200 e. The van der Waals surface area contributed by atoms with Gasteiger partial charge in [-0.2, -0.15) is 5.26 Å². The lowest BCUT2D eigenvalue weighted by Crippen LogP contribution is -2.04. The summed E-state index contributed by atoms with van der Waals surface area (Å²) in [6.07, 6.45) is 0.477. The first-order chi connectivity index (χ1) is 11.3. The number of hydrogen-bond acceptors (Lipinski definition) is 5. The third-order valence-electron chi connectivity index (χ3n) is 3.14. The lowest BCUT2D eigenvalue weighted by Gasteiger charge is -2.08. The molecule has 0 saturated heterocycles. The van der Waals surface area contributed by atoms with E-state index in [9.17, 15) is 0 Å². The fourth-order valence-electron chi connectivity index (χ4n) is 2.11. The van der Waals surface area contributed by atoms with Crippen LogP contribution in [0.15, 0.2) is 56.7 Å². The molecule has 5 nitrogen and oxygen atoms in total. The molecule has 0 bridgehead atoms. The minimum Gasteiger partial charge on any atom is -0.446 e. The first-order valence-electron chi connectivity index (χ1n) is 7.00. The molecular formula is C16H13BrN4OS. The highest BCUT2D eigenvalue weighted by Crippen LogP contribution is 2.28. The van der Waals surface area contributed by atoms with Crippen LogP contribution in [0.5, 0.6) is 0 Å². The van der Waals surface area contributed by atoms with E-state index < -0.39 is 0 Å². The second-order valence-corrected chi connectivity index (χ2v) is 6.58. The van der Waals surface area contributed by atoms with Gasteiger partial charge in [0, 0.05) is 12.2 Å². The molecular weight excluding hydrogens is 376 g/mol. The minimum absolute atomic E-state index is 0.477. The molecule has 2 aromatic heterocycles. The van der Waals surface area contributed by atoms with Gasteiger partial charge in [0.25, 0.3) is 0 Å². The second kappa shape index (κ2) is 7.49. The summed E-state index contributed by atoms with van der Waals surface area (Å²) in [4.78, 5) is 0. The lowest BCUT2D eigenvalue weighted by molar-refractivity contribution is 0.545. The maximum Gasteiger partial charge on any atom is 0.200 e. The van der Waals surface area contributed by atoms with Crippen LogP contribution in [-0.4, -0.2) is 20.5 Å². The number of nitriles is 1. The normalized spacial score (nSPS) is 10.6. The van der Waals surface area contributed by atoms with Gasteiger partial charge in [0.05, 0.1) is 12.6 Å². The molecule has 0 aliphatic heterocycles. The summed E-state index contributed by atoms with van der Waals surface area (Å²) >= 11 is 4.84. The molecule has 23 heavy (non-hydrogen) atoms. The van der Waals surface area contributed by atoms with Gasteiger partial charge in [-0.1, -0.05) is 42.1 Å². The van der Waals surface area contributed by atoms with E-state index in [-0.39, 0.29) is 0 Å². The molecule has 0 spiro atoms. The SMILES string of the molecule is N#CCCSc1nnc(-c2ccc(Br)o2)n1Cc1ccccc1. The molecule has 7 heteroatoms. The van der Waals surface area contributed by atoms with Gasteiger partial charge in [-0.25, -0.2) is 0 Å². The topological polar surface area (TPSA) is 67.6 Å². The number of rotatable bonds is 6. The second-order valence-electron chi connectivity index (χ2n) is 4.74. The Morgan fingerprint density at radius 3 is 2.70 bits per heavy atom. The van der Waals surface area contributed by atoms with E-state index in [0.29, 0.717) is 35.0 Å². The van der Waals surface area contributed by atoms with E-state index in [1.807, 2.05) is 34.9 Å². The van der Waals surface area contributed by atoms with Crippen molar-refractivity contribution in [2.75, 3.05) is 5.75 Å². The maximum atomic E-state index is 8.71. The zero-order valence-electron chi connectivity index (χ0n) is 12.1. The van der Waals surface area contributed by atoms with Crippen LogP contribution in [0.25, 0.3) is 11.6 Å². The molecule has 0 aliphatic carbocycles. The zero-order valence-corrected chi connectivity index (χ0v) is 14.5. The largest absolute Gasteiger partial charge is 0.446 e. The predicted octanol–water partition coefficient (Wildman–Crippen LogP) is 4.35. The third kappa shape index (κ3) is 3.84. The van der Waals surface area contributed by atoms with Crippen LogP contribution < -0.4 is 0 Å². The van der Waals surface area contributed by atoms with Crippen molar-refractivity contribution in [3.63, 3.8) is 0 Å². The van der Waals surface area contributed by atoms with Crippen LogP contribution in [0.4, 0.5) is 0 Å². The number of aromatic nitrogens is 3. The summed E-state index contributed by atoms with van der Waals surface area (Å²) in [5.41, 5.74) is 1.15. The average Bonchev–Trinajstić information content (AvgIpc) is 3.15. The molecule has 0 atom stereocenters. The van der Waals surface area contributed by atoms with Gasteiger partial charge < -0.3 is 4.42 Å². The van der Waals surface area contributed by atoms with Gasteiger partial charge in [-0.05, 0) is 33.6 Å². The summed E-state index contributed by atoms with van der Waals surface area (Å²) in [5.74, 6) is 2.03. The van der Waals surface area contributed by atoms with E-state index >= 15 is 0 Å². The van der Waals surface area contributed by atoms with Gasteiger partial charge in [-0.15, -0.1) is 10.2 Å². The molecule has 3 rings (SSSR count). The van der Waals surface area contributed by atoms with Gasteiger partial charge in [-0.3, -0.25) is 4.57 Å². The molecule has 0 amide bonds. The fraction of sp³-hybridized carbons (Fsp3) is 0.188. The molecule has 0 aliphatic rings. The number of halogens is 1. The van der Waals surface area contributed by atoms with E-state index in [1.165, 1.54) is 11.8 Å². The van der Waals surface area contributed by atoms with Crippen LogP contribution >= 0.6 is 27.7 Å². The first-order valence-corrected chi connectivity index (χ1v) is 8.78. The highest BCUT2D eigenvalue weighted by Gasteiger charge is 2.17. The van der Waals surface area contributed by atoms with E-state index in [4.69, 9.17) is 9.68 Å². The molecule has 0 unspecified atom stereocenters. The maximum absolute atomic E-state index is 8.71. The predicted molar refractivity (Wildman–Crippen MR) is 91.9 cm³/mol. The van der Waals surface area contributed by atoms with Crippen LogP contribution in [0.2, 0.25) is 0 Å². The van der Waals surface area contributed by atoms with Crippen molar-refractivity contribution >= 4 is 27.7 Å². The number of furan rings is 1. The standard InChI is InChI=1S/C16H13BrN4OS/c17-14-8-7-13(22-14)15-19-20-16(23-10-4-9-18)21(15)11-12-5-2-1-3-6-12/h1-3,5-8H,4,10-11H2. The Morgan fingerprint density at radius 2 is 2.00 bits per heavy atom. The van der Waals surface area contributed by atoms with Crippen molar-refractivity contribution in [3.05, 3.63) is 52.7 Å². The number of benzene rings is 1. The van der Waals surface area contributed by atoms with Gasteiger partial charge >= 0.3 is 0 Å². The Balaban J connectivity index is 1.94. The summed E-state index contributed by atoms with van der Waals surface area (Å²) in [7, 11) is 0. The highest BCUT2D eigenvalue weighted by molar-refractivity contribution is 9.10. The number of thioether (sulfide) groups is 1. The quantitative estimate of drug-likeness (QED) is 0.463.